The van der Waals surface area contributed by atoms with E-state index in [-0.39, 0.29) is 42.3 Å². The Morgan fingerprint density at radius 2 is 1.96 bits per heavy atom. The van der Waals surface area contributed by atoms with Gasteiger partial charge in [-0.25, -0.2) is 4.79 Å². The van der Waals surface area contributed by atoms with Gasteiger partial charge in [0.2, 0.25) is 11.8 Å². The smallest absolute Gasteiger partial charge is 0.317 e. The van der Waals surface area contributed by atoms with Crippen LogP contribution in [0.4, 0.5) is 4.79 Å². The Hall–Kier alpha value is -2.57. The summed E-state index contributed by atoms with van der Waals surface area (Å²) in [5.41, 5.74) is 1.06. The summed E-state index contributed by atoms with van der Waals surface area (Å²) in [6.07, 6.45) is 2.16. The maximum Gasteiger partial charge on any atom is 0.317 e. The van der Waals surface area contributed by atoms with Crippen LogP contribution in [0.15, 0.2) is 30.3 Å². The summed E-state index contributed by atoms with van der Waals surface area (Å²) < 4.78 is 0. The van der Waals surface area contributed by atoms with E-state index in [2.05, 4.69) is 16.0 Å². The topological polar surface area (TPSA) is 90.5 Å². The predicted molar refractivity (Wildman–Crippen MR) is 102 cm³/mol. The number of nitrogens with zero attached hydrogens (tertiary/aromatic N) is 1. The number of hydrogen-bond acceptors (Lipinski definition) is 3. The maximum absolute atomic E-state index is 12.6. The van der Waals surface area contributed by atoms with Gasteiger partial charge < -0.3 is 20.9 Å². The Morgan fingerprint density at radius 1 is 1.19 bits per heavy atom. The van der Waals surface area contributed by atoms with Gasteiger partial charge in [-0.1, -0.05) is 37.3 Å². The monoisotopic (exact) mass is 372 g/mol. The van der Waals surface area contributed by atoms with E-state index in [9.17, 15) is 14.4 Å². The summed E-state index contributed by atoms with van der Waals surface area (Å²) in [6, 6.07) is 9.54. The number of rotatable bonds is 5. The lowest BCUT2D eigenvalue weighted by Crippen LogP contribution is -2.44. The molecule has 3 rings (SSSR count). The first-order valence-corrected chi connectivity index (χ1v) is 9.70. The first-order valence-electron chi connectivity index (χ1n) is 9.70. The number of carbonyl (C=O) groups excluding carboxylic acids is 3. The van der Waals surface area contributed by atoms with E-state index in [1.54, 1.807) is 4.90 Å². The van der Waals surface area contributed by atoms with Gasteiger partial charge in [0.15, 0.2) is 0 Å². The molecule has 27 heavy (non-hydrogen) atoms. The van der Waals surface area contributed by atoms with E-state index in [0.29, 0.717) is 32.5 Å². The molecule has 2 aliphatic rings. The highest BCUT2D eigenvalue weighted by atomic mass is 16.2. The third-order valence-corrected chi connectivity index (χ3v) is 5.32. The summed E-state index contributed by atoms with van der Waals surface area (Å²) in [5.74, 6) is -0.165. The van der Waals surface area contributed by atoms with Gasteiger partial charge in [0, 0.05) is 31.6 Å². The Kier molecular flexibility index (Phi) is 6.32. The van der Waals surface area contributed by atoms with Crippen molar-refractivity contribution in [3.63, 3.8) is 0 Å². The number of fused-ring (bicyclic) bond motifs is 1. The van der Waals surface area contributed by atoms with Crippen LogP contribution in [0, 0.1) is 11.8 Å². The molecule has 0 spiro atoms. The summed E-state index contributed by atoms with van der Waals surface area (Å²) in [4.78, 5) is 38.6. The highest BCUT2D eigenvalue weighted by molar-refractivity contribution is 5.85. The number of urea groups is 1. The van der Waals surface area contributed by atoms with E-state index >= 15 is 0 Å². The minimum absolute atomic E-state index is 0.0168. The minimum Gasteiger partial charge on any atom is -0.352 e. The average Bonchev–Trinajstić information content (AvgIpc) is 2.99. The molecule has 7 heteroatoms. The van der Waals surface area contributed by atoms with Gasteiger partial charge in [-0.2, -0.15) is 0 Å². The van der Waals surface area contributed by atoms with Crippen molar-refractivity contribution in [1.29, 1.82) is 0 Å². The summed E-state index contributed by atoms with van der Waals surface area (Å²) in [7, 11) is 0. The molecule has 7 nitrogen and oxygen atoms in total. The van der Waals surface area contributed by atoms with E-state index in [0.717, 1.165) is 12.0 Å². The first kappa shape index (κ1) is 19.2. The van der Waals surface area contributed by atoms with Crippen LogP contribution in [0.5, 0.6) is 0 Å². The molecule has 0 unspecified atom stereocenters. The molecule has 0 aromatic heterocycles. The Labute approximate surface area is 159 Å². The lowest BCUT2D eigenvalue weighted by molar-refractivity contribution is -0.125. The van der Waals surface area contributed by atoms with Crippen molar-refractivity contribution in [2.24, 2.45) is 11.8 Å². The van der Waals surface area contributed by atoms with E-state index in [1.165, 1.54) is 0 Å². The molecule has 0 bridgehead atoms. The molecule has 1 saturated heterocycles. The first-order chi connectivity index (χ1) is 13.1. The fraction of sp³-hybridized carbons (Fsp3) is 0.550. The number of carbonyl (C=O) groups is 3. The molecule has 1 aliphatic carbocycles. The van der Waals surface area contributed by atoms with Crippen molar-refractivity contribution in [2.45, 2.75) is 38.8 Å². The largest absolute Gasteiger partial charge is 0.352 e. The molecule has 3 N–H and O–H groups in total. The maximum atomic E-state index is 12.6. The lowest BCUT2D eigenvalue weighted by atomic mass is 10.0. The van der Waals surface area contributed by atoms with Crippen LogP contribution in [0.3, 0.4) is 0 Å². The van der Waals surface area contributed by atoms with Crippen molar-refractivity contribution in [3.05, 3.63) is 35.9 Å². The fourth-order valence-corrected chi connectivity index (χ4v) is 3.92. The number of hydrogen-bond donors (Lipinski definition) is 3. The Bertz CT molecular complexity index is 679. The van der Waals surface area contributed by atoms with E-state index < -0.39 is 0 Å². The predicted octanol–water partition coefficient (Wildman–Crippen LogP) is 1.25. The molecule has 1 aromatic rings. The van der Waals surface area contributed by atoms with Gasteiger partial charge >= 0.3 is 6.03 Å². The Balaban J connectivity index is 1.56. The molecule has 1 saturated carbocycles. The molecule has 4 amide bonds. The normalized spacial score (nSPS) is 24.6. The zero-order chi connectivity index (χ0) is 19.2. The summed E-state index contributed by atoms with van der Waals surface area (Å²) in [6.45, 7) is 3.66. The number of nitrogens with one attached hydrogen (secondary N) is 3. The second-order valence-electron chi connectivity index (χ2n) is 7.42. The molecular formula is C20H28N4O3. The van der Waals surface area contributed by atoms with Crippen molar-refractivity contribution >= 4 is 17.8 Å². The van der Waals surface area contributed by atoms with Gasteiger partial charge in [-0.15, -0.1) is 0 Å². The third-order valence-electron chi connectivity index (χ3n) is 5.32. The van der Waals surface area contributed by atoms with Crippen molar-refractivity contribution in [1.82, 2.24) is 20.9 Å². The van der Waals surface area contributed by atoms with Gasteiger partial charge in [-0.3, -0.25) is 9.59 Å². The second-order valence-corrected chi connectivity index (χ2v) is 7.42. The SMILES string of the molecule is CCCNC(=O)N1CC(=O)N[C@@H]2C[C@@H](C(=O)NCc3ccccc3)C[C@@H]2C1. The van der Waals surface area contributed by atoms with Crippen LogP contribution in [0.1, 0.15) is 31.7 Å². The van der Waals surface area contributed by atoms with E-state index in [4.69, 9.17) is 0 Å². The summed E-state index contributed by atoms with van der Waals surface area (Å²) >= 11 is 0. The van der Waals surface area contributed by atoms with Crippen LogP contribution in [0.25, 0.3) is 0 Å². The zero-order valence-electron chi connectivity index (χ0n) is 15.7. The van der Waals surface area contributed by atoms with Crippen molar-refractivity contribution < 1.29 is 14.4 Å². The number of amides is 4. The molecule has 146 valence electrons. The van der Waals surface area contributed by atoms with Gasteiger partial charge in [-0.05, 0) is 30.7 Å². The second kappa shape index (κ2) is 8.88. The van der Waals surface area contributed by atoms with Crippen LogP contribution in [-0.2, 0) is 16.1 Å². The van der Waals surface area contributed by atoms with Crippen LogP contribution < -0.4 is 16.0 Å². The van der Waals surface area contributed by atoms with Gasteiger partial charge in [0.1, 0.15) is 6.54 Å². The highest BCUT2D eigenvalue weighted by Crippen LogP contribution is 2.33. The molecule has 1 aromatic carbocycles. The summed E-state index contributed by atoms with van der Waals surface area (Å²) in [5, 5.41) is 8.82. The average molecular weight is 372 g/mol. The highest BCUT2D eigenvalue weighted by Gasteiger charge is 2.42. The zero-order valence-corrected chi connectivity index (χ0v) is 15.7. The quantitative estimate of drug-likeness (QED) is 0.727. The van der Waals surface area contributed by atoms with Crippen LogP contribution in [0.2, 0.25) is 0 Å². The van der Waals surface area contributed by atoms with Gasteiger partial charge in [0.25, 0.3) is 0 Å². The van der Waals surface area contributed by atoms with E-state index in [1.807, 2.05) is 37.3 Å². The van der Waals surface area contributed by atoms with Crippen LogP contribution in [-0.4, -0.2) is 48.4 Å². The van der Waals surface area contributed by atoms with Crippen LogP contribution >= 0.6 is 0 Å². The van der Waals surface area contributed by atoms with Gasteiger partial charge in [0.05, 0.1) is 0 Å². The van der Waals surface area contributed by atoms with Crippen molar-refractivity contribution in [3.8, 4) is 0 Å². The molecule has 0 radical (unpaired) electrons. The lowest BCUT2D eigenvalue weighted by Gasteiger charge is -2.23. The molecule has 2 fully saturated rings. The molecule has 1 heterocycles. The number of benzene rings is 1. The Morgan fingerprint density at radius 3 is 2.70 bits per heavy atom. The molecule has 1 aliphatic heterocycles. The minimum atomic E-state index is -0.204. The fourth-order valence-electron chi connectivity index (χ4n) is 3.92. The third kappa shape index (κ3) is 4.99. The standard InChI is InChI=1S/C20H28N4O3/c1-2-8-21-20(27)24-12-16-9-15(10-17(16)23-18(25)13-24)19(26)22-11-14-6-4-3-5-7-14/h3-7,15-17H,2,8-13H2,1H3,(H,21,27)(H,22,26)(H,23,25)/t15-,16+,17+/m0/s1. The molecular weight excluding hydrogens is 344 g/mol. The molecule has 3 atom stereocenters. The van der Waals surface area contributed by atoms with Crippen molar-refractivity contribution in [2.75, 3.05) is 19.6 Å².